The zero-order chi connectivity index (χ0) is 23.1. The van der Waals surface area contributed by atoms with Crippen LogP contribution in [0.25, 0.3) is 0 Å². The van der Waals surface area contributed by atoms with E-state index in [0.29, 0.717) is 25.5 Å². The molecule has 0 saturated carbocycles. The van der Waals surface area contributed by atoms with E-state index in [9.17, 15) is 26.0 Å². The predicted octanol–water partition coefficient (Wildman–Crippen LogP) is 3.79. The van der Waals surface area contributed by atoms with Crippen LogP contribution in [0.5, 0.6) is 5.75 Å². The summed E-state index contributed by atoms with van der Waals surface area (Å²) in [5, 5.41) is 0. The Kier molecular flexibility index (Phi) is 8.78. The summed E-state index contributed by atoms with van der Waals surface area (Å²) in [5.41, 5.74) is 0.591. The number of alkyl halides is 3. The van der Waals surface area contributed by atoms with E-state index in [2.05, 4.69) is 4.98 Å². The summed E-state index contributed by atoms with van der Waals surface area (Å²) >= 11 is 0. The molecular weight excluding hydrogens is 440 g/mol. The number of halogens is 4. The molecule has 11 heteroatoms. The fraction of sp³-hybridized carbons (Fsp3) is 0.450. The Labute approximate surface area is 178 Å². The first kappa shape index (κ1) is 25.0. The van der Waals surface area contributed by atoms with E-state index in [0.717, 1.165) is 11.8 Å². The van der Waals surface area contributed by atoms with Crippen LogP contribution in [0.1, 0.15) is 30.0 Å². The highest BCUT2D eigenvalue weighted by Gasteiger charge is 2.42. The summed E-state index contributed by atoms with van der Waals surface area (Å²) in [6.07, 6.45) is -0.210. The lowest BCUT2D eigenvalue weighted by Gasteiger charge is -2.21. The topological polar surface area (TPSA) is 77.5 Å². The van der Waals surface area contributed by atoms with Gasteiger partial charge in [-0.3, -0.25) is 4.98 Å². The number of sulfonamides is 1. The van der Waals surface area contributed by atoms with Crippen molar-refractivity contribution in [3.05, 3.63) is 59.7 Å². The van der Waals surface area contributed by atoms with E-state index in [1.54, 1.807) is 4.72 Å². The third kappa shape index (κ3) is 8.80. The summed E-state index contributed by atoms with van der Waals surface area (Å²) in [7, 11) is -2.53. The molecule has 0 bridgehead atoms. The first-order valence-electron chi connectivity index (χ1n) is 9.37. The van der Waals surface area contributed by atoms with Gasteiger partial charge in [-0.05, 0) is 30.4 Å². The molecule has 0 fully saturated rings. The van der Waals surface area contributed by atoms with E-state index >= 15 is 0 Å². The van der Waals surface area contributed by atoms with Crippen LogP contribution in [0.4, 0.5) is 17.6 Å². The van der Waals surface area contributed by atoms with E-state index < -0.39 is 28.1 Å². The molecule has 1 aromatic heterocycles. The van der Waals surface area contributed by atoms with E-state index in [1.807, 2.05) is 0 Å². The highest BCUT2D eigenvalue weighted by Crippen LogP contribution is 2.33. The number of aryl methyl sites for hydroxylation is 1. The van der Waals surface area contributed by atoms with Crippen LogP contribution in [-0.2, 0) is 21.2 Å². The van der Waals surface area contributed by atoms with Crippen LogP contribution in [0.3, 0.4) is 0 Å². The number of nitrogens with one attached hydrogen (secondary N) is 1. The van der Waals surface area contributed by atoms with Crippen molar-refractivity contribution in [2.75, 3.05) is 20.0 Å². The molecule has 0 spiro atoms. The molecule has 0 aliphatic rings. The van der Waals surface area contributed by atoms with E-state index in [4.69, 9.17) is 9.47 Å². The number of hydrogen-bond acceptors (Lipinski definition) is 5. The van der Waals surface area contributed by atoms with Crippen molar-refractivity contribution in [3.63, 3.8) is 0 Å². The molecule has 1 N–H and O–H groups in total. The van der Waals surface area contributed by atoms with Gasteiger partial charge in [-0.15, -0.1) is 0 Å². The second kappa shape index (κ2) is 10.9. The zero-order valence-corrected chi connectivity index (χ0v) is 17.8. The van der Waals surface area contributed by atoms with Gasteiger partial charge in [-0.1, -0.05) is 24.3 Å². The minimum atomic E-state index is -4.76. The molecular formula is C20H24F4N2O4S. The zero-order valence-electron chi connectivity index (χ0n) is 17.0. The van der Waals surface area contributed by atoms with Gasteiger partial charge >= 0.3 is 6.18 Å². The molecule has 0 saturated heterocycles. The fourth-order valence-electron chi connectivity index (χ4n) is 2.96. The molecule has 31 heavy (non-hydrogen) atoms. The van der Waals surface area contributed by atoms with Gasteiger partial charge in [-0.2, -0.15) is 17.9 Å². The Morgan fingerprint density at radius 1 is 1.16 bits per heavy atom. The van der Waals surface area contributed by atoms with Gasteiger partial charge in [0.25, 0.3) is 0 Å². The lowest BCUT2D eigenvalue weighted by Crippen LogP contribution is -2.37. The highest BCUT2D eigenvalue weighted by atomic mass is 32.2. The monoisotopic (exact) mass is 464 g/mol. The third-order valence-corrected chi connectivity index (χ3v) is 4.96. The lowest BCUT2D eigenvalue weighted by atomic mass is 10.0. The SMILES string of the molecule is COC[C@H](CCCc1ccc([C@H](NS(C)(=O)=O)C(F)(F)F)cc1)Oc1cncc(F)c1. The molecule has 2 rings (SSSR count). The normalized spacial score (nSPS) is 14.3. The van der Waals surface area contributed by atoms with Crippen LogP contribution in [0, 0.1) is 5.82 Å². The van der Waals surface area contributed by atoms with Crippen LogP contribution in [0.2, 0.25) is 0 Å². The molecule has 2 aromatic rings. The molecule has 2 atom stereocenters. The minimum absolute atomic E-state index is 0.194. The van der Waals surface area contributed by atoms with Crippen LogP contribution < -0.4 is 9.46 Å². The summed E-state index contributed by atoms with van der Waals surface area (Å²) in [6.45, 7) is 0.278. The van der Waals surface area contributed by atoms with E-state index in [-0.39, 0.29) is 24.0 Å². The fourth-order valence-corrected chi connectivity index (χ4v) is 3.66. The van der Waals surface area contributed by atoms with Crippen LogP contribution in [0.15, 0.2) is 42.7 Å². The second-order valence-electron chi connectivity index (χ2n) is 7.03. The number of nitrogens with zero attached hydrogens (tertiary/aromatic N) is 1. The molecule has 1 aromatic carbocycles. The maximum absolute atomic E-state index is 13.2. The van der Waals surface area contributed by atoms with Crippen molar-refractivity contribution >= 4 is 10.0 Å². The van der Waals surface area contributed by atoms with Crippen LogP contribution in [-0.4, -0.2) is 45.7 Å². The molecule has 0 aliphatic heterocycles. The third-order valence-electron chi connectivity index (χ3n) is 4.30. The quantitative estimate of drug-likeness (QED) is 0.512. The van der Waals surface area contributed by atoms with Crippen molar-refractivity contribution in [2.45, 2.75) is 37.6 Å². The summed E-state index contributed by atoms with van der Waals surface area (Å²) in [5.74, 6) is -0.237. The van der Waals surface area contributed by atoms with Crippen molar-refractivity contribution < 1.29 is 35.5 Å². The second-order valence-corrected chi connectivity index (χ2v) is 8.81. The van der Waals surface area contributed by atoms with Gasteiger partial charge in [0.15, 0.2) is 0 Å². The Morgan fingerprint density at radius 3 is 2.39 bits per heavy atom. The Balaban J connectivity index is 1.97. The first-order valence-corrected chi connectivity index (χ1v) is 11.3. The first-order chi connectivity index (χ1) is 14.5. The number of pyridine rings is 1. The van der Waals surface area contributed by atoms with Crippen molar-refractivity contribution in [3.8, 4) is 5.75 Å². The van der Waals surface area contributed by atoms with Gasteiger partial charge in [0.2, 0.25) is 10.0 Å². The molecule has 0 unspecified atom stereocenters. The minimum Gasteiger partial charge on any atom is -0.486 e. The largest absolute Gasteiger partial charge is 0.486 e. The number of benzene rings is 1. The lowest BCUT2D eigenvalue weighted by molar-refractivity contribution is -0.153. The molecule has 172 valence electrons. The Morgan fingerprint density at radius 2 is 1.84 bits per heavy atom. The maximum atomic E-state index is 13.2. The van der Waals surface area contributed by atoms with Crippen molar-refractivity contribution in [1.29, 1.82) is 0 Å². The number of ether oxygens (including phenoxy) is 2. The van der Waals surface area contributed by atoms with Crippen LogP contribution >= 0.6 is 0 Å². The van der Waals surface area contributed by atoms with Crippen molar-refractivity contribution in [1.82, 2.24) is 9.71 Å². The standard InChI is InChI=1S/C20H24F4N2O4S/c1-29-13-17(30-18-10-16(21)11-25-12-18)5-3-4-14-6-8-15(9-7-14)19(20(22,23)24)26-31(2,27)28/h6-12,17,19,26H,3-5,13H2,1-2H3/t17-,19-/m0/s1. The Bertz CT molecular complexity index is 937. The molecule has 0 amide bonds. The van der Waals surface area contributed by atoms with Gasteiger partial charge in [0.05, 0.1) is 25.3 Å². The number of aromatic nitrogens is 1. The molecule has 6 nitrogen and oxygen atoms in total. The van der Waals surface area contributed by atoms with Gasteiger partial charge in [0.1, 0.15) is 23.7 Å². The summed E-state index contributed by atoms with van der Waals surface area (Å²) < 4.78 is 87.9. The van der Waals surface area contributed by atoms with Gasteiger partial charge < -0.3 is 9.47 Å². The van der Waals surface area contributed by atoms with Crippen molar-refractivity contribution in [2.24, 2.45) is 0 Å². The number of rotatable bonds is 11. The predicted molar refractivity (Wildman–Crippen MR) is 107 cm³/mol. The van der Waals surface area contributed by atoms with Gasteiger partial charge in [-0.25, -0.2) is 12.8 Å². The van der Waals surface area contributed by atoms with Gasteiger partial charge in [0, 0.05) is 13.2 Å². The van der Waals surface area contributed by atoms with E-state index in [1.165, 1.54) is 43.6 Å². The molecule has 0 radical (unpaired) electrons. The molecule has 1 heterocycles. The average molecular weight is 464 g/mol. The average Bonchev–Trinajstić information content (AvgIpc) is 2.65. The summed E-state index contributed by atoms with van der Waals surface area (Å²) in [4.78, 5) is 3.72. The molecule has 0 aliphatic carbocycles. The smallest absolute Gasteiger partial charge is 0.408 e. The maximum Gasteiger partial charge on any atom is 0.408 e. The number of methoxy groups -OCH3 is 1. The summed E-state index contributed by atoms with van der Waals surface area (Å²) in [6, 6.07) is 4.48. The Hall–Kier alpha value is -2.24. The number of hydrogen-bond donors (Lipinski definition) is 1. The highest BCUT2D eigenvalue weighted by molar-refractivity contribution is 7.88.